The summed E-state index contributed by atoms with van der Waals surface area (Å²) in [6, 6.07) is 1.10. The first-order chi connectivity index (χ1) is 22.7. The third kappa shape index (κ3) is 10.7. The van der Waals surface area contributed by atoms with E-state index in [2.05, 4.69) is 81.5 Å². The van der Waals surface area contributed by atoms with E-state index >= 15 is 0 Å². The minimum atomic E-state index is -1.13. The average molecular weight is 755 g/mol. The van der Waals surface area contributed by atoms with Crippen LogP contribution in [0.1, 0.15) is 68.0 Å². The normalized spacial score (nSPS) is 12.2. The summed E-state index contributed by atoms with van der Waals surface area (Å²) in [5, 5.41) is 13.4. The van der Waals surface area contributed by atoms with Gasteiger partial charge >= 0.3 is 0 Å². The van der Waals surface area contributed by atoms with Crippen molar-refractivity contribution in [2.45, 2.75) is 92.0 Å². The number of hydrogen-bond donors (Lipinski definition) is 4. The molecule has 5 heterocycles. The summed E-state index contributed by atoms with van der Waals surface area (Å²) >= 11 is 3.33. The molecule has 0 saturated heterocycles. The van der Waals surface area contributed by atoms with E-state index in [1.807, 2.05) is 66.3 Å². The first-order valence-corrected chi connectivity index (χ1v) is 20.5. The van der Waals surface area contributed by atoms with Crippen LogP contribution in [0.25, 0.3) is 22.3 Å². The molecule has 0 bridgehead atoms. The van der Waals surface area contributed by atoms with Crippen LogP contribution in [0.2, 0.25) is 25.7 Å². The van der Waals surface area contributed by atoms with Gasteiger partial charge in [-0.1, -0.05) is 19.6 Å². The third-order valence-electron chi connectivity index (χ3n) is 6.89. The summed E-state index contributed by atoms with van der Waals surface area (Å²) in [7, 11) is 0.727. The molecule has 14 nitrogen and oxygen atoms in total. The molecule has 0 aliphatic heterocycles. The maximum atomic E-state index is 12.6. The van der Waals surface area contributed by atoms with E-state index in [1.165, 1.54) is 0 Å². The summed E-state index contributed by atoms with van der Waals surface area (Å²) in [4.78, 5) is 45.7. The molecule has 0 spiro atoms. The highest BCUT2D eigenvalue weighted by Gasteiger charge is 2.23. The molecule has 0 fully saturated rings. The lowest BCUT2D eigenvalue weighted by Crippen LogP contribution is -2.40. The smallest absolute Gasteiger partial charge is 0.255 e. The van der Waals surface area contributed by atoms with Gasteiger partial charge in [0.2, 0.25) is 0 Å². The van der Waals surface area contributed by atoms with Crippen molar-refractivity contribution in [3.63, 3.8) is 0 Å². The topological polar surface area (TPSA) is 170 Å². The highest BCUT2D eigenvalue weighted by Crippen LogP contribution is 2.23. The van der Waals surface area contributed by atoms with Crippen molar-refractivity contribution < 1.29 is 14.3 Å². The Hall–Kier alpha value is -4.15. The quantitative estimate of drug-likeness (QED) is 0.0996. The SMILES string of the molecule is CC(C)(C)NC(=O)c1cn(COCC[Si](C)(C)C)c2ncc(Br)nc12.Cc1nn(C)cc1Nc1cnc2[nH]cc(C(=O)NC(C)(C)C)c2n1. The maximum Gasteiger partial charge on any atom is 0.255 e. The predicted octanol–water partition coefficient (Wildman–Crippen LogP) is 6.31. The number of rotatable bonds is 9. The Kier molecular flexibility index (Phi) is 11.3. The number of nitrogens with zero attached hydrogens (tertiary/aromatic N) is 7. The lowest BCUT2D eigenvalue weighted by atomic mass is 10.1. The number of amides is 2. The minimum Gasteiger partial charge on any atom is -0.361 e. The molecule has 5 aromatic heterocycles. The molecule has 264 valence electrons. The molecular formula is C33H48BrN11O3Si. The number of H-pyrrole nitrogens is 1. The molecule has 5 rings (SSSR count). The highest BCUT2D eigenvalue weighted by molar-refractivity contribution is 9.10. The number of nitrogens with one attached hydrogen (secondary N) is 4. The minimum absolute atomic E-state index is 0.161. The molecule has 0 saturated carbocycles. The van der Waals surface area contributed by atoms with Gasteiger partial charge in [-0.2, -0.15) is 5.10 Å². The molecule has 16 heteroatoms. The van der Waals surface area contributed by atoms with E-state index in [1.54, 1.807) is 29.5 Å². The fraction of sp³-hybridized carbons (Fsp3) is 0.485. The number of aromatic nitrogens is 8. The largest absolute Gasteiger partial charge is 0.361 e. The Labute approximate surface area is 296 Å². The van der Waals surface area contributed by atoms with Crippen LogP contribution in [-0.4, -0.2) is 76.8 Å². The molecule has 0 atom stereocenters. The zero-order chi connectivity index (χ0) is 36.3. The summed E-state index contributed by atoms with van der Waals surface area (Å²) in [6.07, 6.45) is 8.52. The van der Waals surface area contributed by atoms with E-state index in [-0.39, 0.29) is 22.9 Å². The Bertz CT molecular complexity index is 1950. The zero-order valence-corrected chi connectivity index (χ0v) is 32.8. The Morgan fingerprint density at radius 3 is 2.18 bits per heavy atom. The van der Waals surface area contributed by atoms with E-state index in [0.29, 0.717) is 57.2 Å². The molecule has 4 N–H and O–H groups in total. The van der Waals surface area contributed by atoms with Gasteiger partial charge in [0.1, 0.15) is 28.2 Å². The maximum absolute atomic E-state index is 12.6. The van der Waals surface area contributed by atoms with Gasteiger partial charge in [0.05, 0.1) is 34.9 Å². The Morgan fingerprint density at radius 1 is 0.939 bits per heavy atom. The van der Waals surface area contributed by atoms with Gasteiger partial charge in [-0.05, 0) is 70.4 Å². The standard InChI is InChI=1S/C17H27BrN4O2Si.C16H21N7O/c1-17(2,3)21-16(23)12-10-22(11-24-7-8-25(4,5)6)15-14(12)20-13(18)9-19-15;1-9-11(8-23(5)22-9)19-12-7-18-14-13(20-12)10(6-17-14)15(24)21-16(2,3)4/h9-10H,7-8,11H2,1-6H3,(H,21,23);6-8H,1-5H3,(H,17,18)(H,19,20)(H,21,24). The number of carbonyl (C=O) groups excluding carboxylic acids is 2. The number of carbonyl (C=O) groups is 2. The van der Waals surface area contributed by atoms with Crippen molar-refractivity contribution in [2.24, 2.45) is 7.05 Å². The second kappa shape index (κ2) is 14.8. The van der Waals surface area contributed by atoms with Crippen LogP contribution < -0.4 is 16.0 Å². The van der Waals surface area contributed by atoms with Gasteiger partial charge in [0, 0.05) is 51.4 Å². The second-order valence-electron chi connectivity index (χ2n) is 15.2. The third-order valence-corrected chi connectivity index (χ3v) is 8.97. The number of aryl methyl sites for hydroxylation is 2. The summed E-state index contributed by atoms with van der Waals surface area (Å²) < 4.78 is 9.98. The molecular weight excluding hydrogens is 706 g/mol. The van der Waals surface area contributed by atoms with Crippen LogP contribution in [0.4, 0.5) is 11.5 Å². The van der Waals surface area contributed by atoms with Gasteiger partial charge in [-0.15, -0.1) is 0 Å². The van der Waals surface area contributed by atoms with Crippen molar-refractivity contribution in [1.29, 1.82) is 0 Å². The van der Waals surface area contributed by atoms with E-state index in [4.69, 9.17) is 4.74 Å². The number of hydrogen-bond acceptors (Lipinski definition) is 9. The van der Waals surface area contributed by atoms with Crippen LogP contribution >= 0.6 is 15.9 Å². The molecule has 0 aliphatic rings. The van der Waals surface area contributed by atoms with Gasteiger partial charge in [-0.25, -0.2) is 19.9 Å². The van der Waals surface area contributed by atoms with Crippen LogP contribution in [0, 0.1) is 6.92 Å². The van der Waals surface area contributed by atoms with Crippen molar-refractivity contribution in [3.05, 3.63) is 52.4 Å². The predicted molar refractivity (Wildman–Crippen MR) is 199 cm³/mol. The first-order valence-electron chi connectivity index (χ1n) is 16.0. The first kappa shape index (κ1) is 37.7. The molecule has 0 unspecified atom stereocenters. The highest BCUT2D eigenvalue weighted by atomic mass is 79.9. The fourth-order valence-electron chi connectivity index (χ4n) is 4.64. The van der Waals surface area contributed by atoms with Gasteiger partial charge in [0.25, 0.3) is 11.8 Å². The number of ether oxygens (including phenoxy) is 1. The second-order valence-corrected chi connectivity index (χ2v) is 21.6. The molecule has 0 aliphatic carbocycles. The lowest BCUT2D eigenvalue weighted by molar-refractivity contribution is 0.0884. The van der Waals surface area contributed by atoms with E-state index < -0.39 is 8.07 Å². The number of halogens is 1. The van der Waals surface area contributed by atoms with Gasteiger partial charge < -0.3 is 30.2 Å². The lowest BCUT2D eigenvalue weighted by Gasteiger charge is -2.20. The molecule has 2 amide bonds. The molecule has 49 heavy (non-hydrogen) atoms. The van der Waals surface area contributed by atoms with Crippen molar-refractivity contribution >= 4 is 69.7 Å². The summed E-state index contributed by atoms with van der Waals surface area (Å²) in [5.74, 6) is 0.214. The van der Waals surface area contributed by atoms with Crippen LogP contribution in [-0.2, 0) is 18.5 Å². The molecule has 0 radical (unpaired) electrons. The average Bonchev–Trinajstić information content (AvgIpc) is 3.63. The summed E-state index contributed by atoms with van der Waals surface area (Å²) in [6.45, 7) is 21.6. The fourth-order valence-corrected chi connectivity index (χ4v) is 5.67. The Morgan fingerprint density at radius 2 is 1.59 bits per heavy atom. The van der Waals surface area contributed by atoms with Crippen LogP contribution in [0.3, 0.4) is 0 Å². The van der Waals surface area contributed by atoms with Gasteiger partial charge in [-0.3, -0.25) is 14.3 Å². The van der Waals surface area contributed by atoms with Crippen LogP contribution in [0.15, 0.2) is 35.6 Å². The Balaban J connectivity index is 0.000000221. The molecule has 5 aromatic rings. The molecule has 0 aromatic carbocycles. The van der Waals surface area contributed by atoms with Crippen molar-refractivity contribution in [3.8, 4) is 0 Å². The van der Waals surface area contributed by atoms with Crippen molar-refractivity contribution in [2.75, 3.05) is 11.9 Å². The number of aromatic amines is 1. The number of fused-ring (bicyclic) bond motifs is 2. The van der Waals surface area contributed by atoms with Crippen LogP contribution in [0.5, 0.6) is 0 Å². The monoisotopic (exact) mass is 753 g/mol. The number of anilines is 2. The van der Waals surface area contributed by atoms with E-state index in [0.717, 1.165) is 17.4 Å². The van der Waals surface area contributed by atoms with E-state index in [9.17, 15) is 9.59 Å². The summed E-state index contributed by atoms with van der Waals surface area (Å²) in [5.41, 5.74) is 4.37. The van der Waals surface area contributed by atoms with Crippen molar-refractivity contribution in [1.82, 2.24) is 49.9 Å². The zero-order valence-electron chi connectivity index (χ0n) is 30.2. The van der Waals surface area contributed by atoms with Gasteiger partial charge in [0.15, 0.2) is 11.3 Å².